The second-order valence-corrected chi connectivity index (χ2v) is 6.83. The molecule has 0 unspecified atom stereocenters. The van der Waals surface area contributed by atoms with Crippen molar-refractivity contribution in [1.82, 2.24) is 10.2 Å². The molecule has 1 saturated heterocycles. The zero-order valence-corrected chi connectivity index (χ0v) is 17.1. The Morgan fingerprint density at radius 1 is 1.26 bits per heavy atom. The number of methoxy groups -OCH3 is 1. The van der Waals surface area contributed by atoms with Crippen molar-refractivity contribution in [2.24, 2.45) is 5.92 Å². The highest BCUT2D eigenvalue weighted by molar-refractivity contribution is 9.10. The predicted octanol–water partition coefficient (Wildman–Crippen LogP) is 4.00. The van der Waals surface area contributed by atoms with E-state index in [0.717, 1.165) is 43.9 Å². The van der Waals surface area contributed by atoms with Gasteiger partial charge in [0.15, 0.2) is 0 Å². The standard InChI is InChI=1S/C16H25BrN2O2.2ClH/c1-11(2)8-15(19-6-4-18-5-7-19)13-9-12(21-3)10-14(17)16(13)20;;/h9-11,15,18,20H,4-8H2,1-3H3;2*1H/t15-;;/m1../s1. The summed E-state index contributed by atoms with van der Waals surface area (Å²) in [4.78, 5) is 2.46. The molecule has 7 heteroatoms. The molecule has 2 rings (SSSR count). The Labute approximate surface area is 159 Å². The lowest BCUT2D eigenvalue weighted by atomic mass is 9.94. The fourth-order valence-corrected chi connectivity index (χ4v) is 3.33. The van der Waals surface area contributed by atoms with Crippen LogP contribution in [0.25, 0.3) is 0 Å². The molecule has 0 radical (unpaired) electrons. The maximum Gasteiger partial charge on any atom is 0.134 e. The number of nitrogens with zero attached hydrogens (tertiary/aromatic N) is 1. The van der Waals surface area contributed by atoms with E-state index in [2.05, 4.69) is 40.0 Å². The van der Waals surface area contributed by atoms with Crippen molar-refractivity contribution in [2.75, 3.05) is 33.3 Å². The van der Waals surface area contributed by atoms with E-state index in [1.807, 2.05) is 12.1 Å². The summed E-state index contributed by atoms with van der Waals surface area (Å²) < 4.78 is 6.06. The number of piperazine rings is 1. The molecule has 4 nitrogen and oxygen atoms in total. The number of halogens is 3. The van der Waals surface area contributed by atoms with Crippen LogP contribution in [0.1, 0.15) is 31.9 Å². The van der Waals surface area contributed by atoms with Gasteiger partial charge in [-0.1, -0.05) is 13.8 Å². The summed E-state index contributed by atoms with van der Waals surface area (Å²) in [6.07, 6.45) is 1.02. The second kappa shape index (κ2) is 10.6. The molecular weight excluding hydrogens is 403 g/mol. The molecule has 1 heterocycles. The molecule has 1 fully saturated rings. The fourth-order valence-electron chi connectivity index (χ4n) is 2.88. The van der Waals surface area contributed by atoms with Gasteiger partial charge in [0.2, 0.25) is 0 Å². The molecule has 2 N–H and O–H groups in total. The summed E-state index contributed by atoms with van der Waals surface area (Å²) >= 11 is 3.44. The highest BCUT2D eigenvalue weighted by Crippen LogP contribution is 2.40. The van der Waals surface area contributed by atoms with Crippen molar-refractivity contribution in [1.29, 1.82) is 0 Å². The third kappa shape index (κ3) is 5.98. The van der Waals surface area contributed by atoms with E-state index in [1.54, 1.807) is 7.11 Å². The van der Waals surface area contributed by atoms with Crippen molar-refractivity contribution >= 4 is 40.7 Å². The van der Waals surface area contributed by atoms with E-state index in [9.17, 15) is 5.11 Å². The SMILES string of the molecule is COc1cc(Br)c(O)c([C@@H](CC(C)C)N2CCNCC2)c1.Cl.Cl. The summed E-state index contributed by atoms with van der Waals surface area (Å²) in [6, 6.07) is 4.00. The highest BCUT2D eigenvalue weighted by Gasteiger charge is 2.26. The van der Waals surface area contributed by atoms with Crippen LogP contribution in [-0.2, 0) is 0 Å². The molecule has 1 atom stereocenters. The lowest BCUT2D eigenvalue weighted by Gasteiger charge is -2.36. The minimum Gasteiger partial charge on any atom is -0.506 e. The number of ether oxygens (including phenoxy) is 1. The van der Waals surface area contributed by atoms with Crippen LogP contribution in [0.4, 0.5) is 0 Å². The number of phenols is 1. The first-order chi connectivity index (χ1) is 10.0. The first-order valence-electron chi connectivity index (χ1n) is 7.54. The number of nitrogens with one attached hydrogen (secondary N) is 1. The Morgan fingerprint density at radius 3 is 2.39 bits per heavy atom. The van der Waals surface area contributed by atoms with Crippen LogP contribution in [0.3, 0.4) is 0 Å². The molecule has 1 aromatic rings. The number of hydrogen-bond acceptors (Lipinski definition) is 4. The van der Waals surface area contributed by atoms with Crippen LogP contribution in [-0.4, -0.2) is 43.3 Å². The Bertz CT molecular complexity index is 483. The molecule has 0 saturated carbocycles. The maximum absolute atomic E-state index is 10.5. The normalized spacial score (nSPS) is 16.4. The summed E-state index contributed by atoms with van der Waals surface area (Å²) in [5, 5.41) is 13.9. The predicted molar refractivity (Wildman–Crippen MR) is 103 cm³/mol. The number of benzene rings is 1. The minimum absolute atomic E-state index is 0. The monoisotopic (exact) mass is 428 g/mol. The van der Waals surface area contributed by atoms with Gasteiger partial charge in [-0.3, -0.25) is 4.90 Å². The molecule has 0 amide bonds. The second-order valence-electron chi connectivity index (χ2n) is 5.98. The van der Waals surface area contributed by atoms with Crippen LogP contribution < -0.4 is 10.1 Å². The van der Waals surface area contributed by atoms with Crippen LogP contribution in [0, 0.1) is 5.92 Å². The van der Waals surface area contributed by atoms with E-state index in [0.29, 0.717) is 16.1 Å². The first kappa shape index (κ1) is 22.8. The van der Waals surface area contributed by atoms with E-state index in [1.165, 1.54) is 0 Å². The number of hydrogen-bond donors (Lipinski definition) is 2. The van der Waals surface area contributed by atoms with E-state index >= 15 is 0 Å². The van der Waals surface area contributed by atoms with Gasteiger partial charge >= 0.3 is 0 Å². The average Bonchev–Trinajstić information content (AvgIpc) is 2.48. The summed E-state index contributed by atoms with van der Waals surface area (Å²) in [5.74, 6) is 1.67. The molecule has 0 aliphatic carbocycles. The quantitative estimate of drug-likeness (QED) is 0.742. The van der Waals surface area contributed by atoms with Gasteiger partial charge in [0, 0.05) is 37.8 Å². The van der Waals surface area contributed by atoms with Gasteiger partial charge < -0.3 is 15.2 Å². The van der Waals surface area contributed by atoms with Gasteiger partial charge in [-0.25, -0.2) is 0 Å². The zero-order valence-electron chi connectivity index (χ0n) is 13.8. The first-order valence-corrected chi connectivity index (χ1v) is 8.33. The third-order valence-corrected chi connectivity index (χ3v) is 4.55. The van der Waals surface area contributed by atoms with Gasteiger partial charge in [0.1, 0.15) is 11.5 Å². The van der Waals surface area contributed by atoms with Crippen molar-refractivity contribution in [3.8, 4) is 11.5 Å². The molecule has 1 aliphatic rings. The maximum atomic E-state index is 10.5. The summed E-state index contributed by atoms with van der Waals surface area (Å²) in [5.41, 5.74) is 0.955. The molecule has 0 bridgehead atoms. The van der Waals surface area contributed by atoms with Crippen LogP contribution in [0.15, 0.2) is 16.6 Å². The van der Waals surface area contributed by atoms with Crippen LogP contribution >= 0.6 is 40.7 Å². The number of aromatic hydroxyl groups is 1. The topological polar surface area (TPSA) is 44.7 Å². The minimum atomic E-state index is 0. The van der Waals surface area contributed by atoms with Crippen molar-refractivity contribution < 1.29 is 9.84 Å². The Kier molecular flexibility index (Phi) is 10.5. The lowest BCUT2D eigenvalue weighted by Crippen LogP contribution is -2.45. The molecule has 0 spiro atoms. The summed E-state index contributed by atoms with van der Waals surface area (Å²) in [7, 11) is 1.66. The molecule has 0 aromatic heterocycles. The van der Waals surface area contributed by atoms with Crippen molar-refractivity contribution in [3.05, 3.63) is 22.2 Å². The van der Waals surface area contributed by atoms with Gasteiger partial charge in [-0.2, -0.15) is 0 Å². The molecule has 134 valence electrons. The van der Waals surface area contributed by atoms with Gasteiger partial charge in [-0.15, -0.1) is 24.8 Å². The lowest BCUT2D eigenvalue weighted by molar-refractivity contribution is 0.151. The van der Waals surface area contributed by atoms with Crippen LogP contribution in [0.2, 0.25) is 0 Å². The largest absolute Gasteiger partial charge is 0.506 e. The molecule has 1 aromatic carbocycles. The zero-order chi connectivity index (χ0) is 15.4. The summed E-state index contributed by atoms with van der Waals surface area (Å²) in [6.45, 7) is 8.46. The number of phenolic OH excluding ortho intramolecular Hbond substituents is 1. The van der Waals surface area contributed by atoms with Gasteiger partial charge in [-0.05, 0) is 40.4 Å². The molecule has 23 heavy (non-hydrogen) atoms. The smallest absolute Gasteiger partial charge is 0.134 e. The third-order valence-electron chi connectivity index (χ3n) is 3.95. The molecule has 1 aliphatic heterocycles. The Balaban J connectivity index is 0.00000242. The van der Waals surface area contributed by atoms with E-state index in [4.69, 9.17) is 4.74 Å². The van der Waals surface area contributed by atoms with Crippen molar-refractivity contribution in [3.63, 3.8) is 0 Å². The van der Waals surface area contributed by atoms with Crippen molar-refractivity contribution in [2.45, 2.75) is 26.3 Å². The Morgan fingerprint density at radius 2 is 1.87 bits per heavy atom. The van der Waals surface area contributed by atoms with Crippen LogP contribution in [0.5, 0.6) is 11.5 Å². The average molecular weight is 430 g/mol. The Hall–Kier alpha value is -0.200. The number of rotatable bonds is 5. The van der Waals surface area contributed by atoms with Gasteiger partial charge in [0.05, 0.1) is 11.6 Å². The van der Waals surface area contributed by atoms with E-state index < -0.39 is 0 Å². The van der Waals surface area contributed by atoms with E-state index in [-0.39, 0.29) is 30.9 Å². The molecular formula is C16H27BrCl2N2O2. The highest BCUT2D eigenvalue weighted by atomic mass is 79.9. The fraction of sp³-hybridized carbons (Fsp3) is 0.625. The van der Waals surface area contributed by atoms with Gasteiger partial charge in [0.25, 0.3) is 0 Å².